The van der Waals surface area contributed by atoms with Crippen molar-refractivity contribution in [3.63, 3.8) is 0 Å². The molecule has 1 unspecified atom stereocenters. The van der Waals surface area contributed by atoms with Crippen LogP contribution in [0, 0.1) is 0 Å². The average molecular weight is 241 g/mol. The molecule has 1 heterocycles. The smallest absolute Gasteiger partial charge is 0.156 e. The molecule has 17 heavy (non-hydrogen) atoms. The first-order chi connectivity index (χ1) is 8.03. The zero-order valence-electron chi connectivity index (χ0n) is 11.4. The minimum Gasteiger partial charge on any atom is -0.493 e. The maximum absolute atomic E-state index is 5.52. The summed E-state index contributed by atoms with van der Waals surface area (Å²) in [6, 6.07) is 0.196. The van der Waals surface area contributed by atoms with E-state index >= 15 is 0 Å². The molecule has 0 saturated heterocycles. The van der Waals surface area contributed by atoms with Crippen molar-refractivity contribution in [3.8, 4) is 5.75 Å². The Balaban J connectivity index is 2.72. The fourth-order valence-electron chi connectivity index (χ4n) is 1.66. The fourth-order valence-corrected chi connectivity index (χ4v) is 1.66. The summed E-state index contributed by atoms with van der Waals surface area (Å²) in [5, 5.41) is 7.68. The first-order valence-electron chi connectivity index (χ1n) is 5.88. The Morgan fingerprint density at radius 1 is 1.47 bits per heavy atom. The number of nitrogens with one attached hydrogen (secondary N) is 1. The Bertz CT molecular complexity index is 336. The third-order valence-electron chi connectivity index (χ3n) is 3.03. The molecule has 0 spiro atoms. The van der Waals surface area contributed by atoms with Gasteiger partial charge in [-0.05, 0) is 20.4 Å². The first-order valence-corrected chi connectivity index (χ1v) is 5.88. The quantitative estimate of drug-likeness (QED) is 0.781. The van der Waals surface area contributed by atoms with Crippen LogP contribution >= 0.6 is 0 Å². The Hall–Kier alpha value is -1.07. The molecule has 0 amide bonds. The number of hydrogen-bond acceptors (Lipinski definition) is 4. The Morgan fingerprint density at radius 2 is 2.18 bits per heavy atom. The zero-order valence-corrected chi connectivity index (χ0v) is 11.4. The fraction of sp³-hybridized carbons (Fsp3) is 0.750. The van der Waals surface area contributed by atoms with Gasteiger partial charge in [0.1, 0.15) is 0 Å². The largest absolute Gasteiger partial charge is 0.493 e. The number of likely N-dealkylation sites (N-methyl/N-ethyl adjacent to an activating group) is 1. The Morgan fingerprint density at radius 3 is 2.65 bits per heavy atom. The van der Waals surface area contributed by atoms with E-state index in [1.807, 2.05) is 10.9 Å². The maximum Gasteiger partial charge on any atom is 0.156 e. The van der Waals surface area contributed by atoms with E-state index in [0.29, 0.717) is 0 Å². The van der Waals surface area contributed by atoms with Gasteiger partial charge in [0.15, 0.2) is 5.75 Å². The van der Waals surface area contributed by atoms with Gasteiger partial charge in [-0.3, -0.25) is 4.68 Å². The molecule has 1 atom stereocenters. The number of aromatic nitrogens is 2. The molecule has 0 saturated carbocycles. The summed E-state index contributed by atoms with van der Waals surface area (Å²) in [5.74, 6) is 0.774. The molecule has 1 aromatic rings. The average Bonchev–Trinajstić information content (AvgIpc) is 2.76. The van der Waals surface area contributed by atoms with Gasteiger partial charge in [0.2, 0.25) is 0 Å². The molecule has 5 heteroatoms. The van der Waals surface area contributed by atoms with Crippen LogP contribution < -0.4 is 10.1 Å². The van der Waals surface area contributed by atoms with Crippen LogP contribution in [0.5, 0.6) is 5.75 Å². The van der Waals surface area contributed by atoms with Gasteiger partial charge in [0.05, 0.1) is 37.7 Å². The minimum atomic E-state index is -0.241. The molecule has 0 bridgehead atoms. The summed E-state index contributed by atoms with van der Waals surface area (Å²) in [4.78, 5) is 0. The number of nitrogens with zero attached hydrogens (tertiary/aromatic N) is 2. The van der Waals surface area contributed by atoms with Gasteiger partial charge in [-0.2, -0.15) is 5.10 Å². The Labute approximate surface area is 103 Å². The normalized spacial score (nSPS) is 13.7. The molecule has 1 rings (SSSR count). The number of methoxy groups -OCH3 is 2. The van der Waals surface area contributed by atoms with Gasteiger partial charge in [-0.1, -0.05) is 6.92 Å². The van der Waals surface area contributed by atoms with E-state index in [0.717, 1.165) is 18.8 Å². The lowest BCUT2D eigenvalue weighted by molar-refractivity contribution is -0.0153. The maximum atomic E-state index is 5.52. The molecule has 0 fully saturated rings. The standard InChI is InChI=1S/C12H23N3O2/c1-6-13-11(12(2,3)17-5)9-15-8-10(16-4)7-14-15/h7-8,11,13H,6,9H2,1-5H3. The SMILES string of the molecule is CCNC(Cn1cc(OC)cn1)C(C)(C)OC. The molecular weight excluding hydrogens is 218 g/mol. The van der Waals surface area contributed by atoms with Crippen LogP contribution in [0.1, 0.15) is 20.8 Å². The van der Waals surface area contributed by atoms with E-state index in [2.05, 4.69) is 31.2 Å². The molecule has 0 aliphatic carbocycles. The van der Waals surface area contributed by atoms with Crippen LogP contribution in [-0.4, -0.2) is 42.2 Å². The molecule has 0 aromatic carbocycles. The lowest BCUT2D eigenvalue weighted by atomic mass is 9.98. The summed E-state index contributed by atoms with van der Waals surface area (Å²) in [6.45, 7) is 7.87. The highest BCUT2D eigenvalue weighted by Crippen LogP contribution is 2.16. The second-order valence-electron chi connectivity index (χ2n) is 4.52. The van der Waals surface area contributed by atoms with Crippen LogP contribution in [-0.2, 0) is 11.3 Å². The van der Waals surface area contributed by atoms with Crippen LogP contribution in [0.4, 0.5) is 0 Å². The third kappa shape index (κ3) is 3.71. The molecule has 0 aliphatic rings. The van der Waals surface area contributed by atoms with Crippen molar-refractivity contribution in [3.05, 3.63) is 12.4 Å². The van der Waals surface area contributed by atoms with E-state index < -0.39 is 0 Å². The highest BCUT2D eigenvalue weighted by atomic mass is 16.5. The highest BCUT2D eigenvalue weighted by molar-refractivity contribution is 5.11. The second-order valence-corrected chi connectivity index (χ2v) is 4.52. The zero-order chi connectivity index (χ0) is 12.9. The van der Waals surface area contributed by atoms with Crippen molar-refractivity contribution in [2.75, 3.05) is 20.8 Å². The summed E-state index contributed by atoms with van der Waals surface area (Å²) in [7, 11) is 3.37. The number of hydrogen-bond donors (Lipinski definition) is 1. The number of rotatable bonds is 7. The van der Waals surface area contributed by atoms with Gasteiger partial charge in [0, 0.05) is 7.11 Å². The molecular formula is C12H23N3O2. The molecule has 0 radical (unpaired) electrons. The molecule has 5 nitrogen and oxygen atoms in total. The first kappa shape index (κ1) is 14.0. The molecule has 98 valence electrons. The predicted molar refractivity (Wildman–Crippen MR) is 67.3 cm³/mol. The van der Waals surface area contributed by atoms with Crippen LogP contribution in [0.2, 0.25) is 0 Å². The van der Waals surface area contributed by atoms with Crippen molar-refractivity contribution in [1.82, 2.24) is 15.1 Å². The van der Waals surface area contributed by atoms with Crippen LogP contribution in [0.25, 0.3) is 0 Å². The van der Waals surface area contributed by atoms with Crippen molar-refractivity contribution in [2.45, 2.75) is 39.0 Å². The van der Waals surface area contributed by atoms with E-state index in [-0.39, 0.29) is 11.6 Å². The second kappa shape index (κ2) is 6.02. The highest BCUT2D eigenvalue weighted by Gasteiger charge is 2.29. The van der Waals surface area contributed by atoms with Gasteiger partial charge in [0.25, 0.3) is 0 Å². The predicted octanol–water partition coefficient (Wildman–Crippen LogP) is 1.29. The van der Waals surface area contributed by atoms with E-state index in [9.17, 15) is 0 Å². The van der Waals surface area contributed by atoms with Gasteiger partial charge in [-0.15, -0.1) is 0 Å². The molecule has 1 N–H and O–H groups in total. The summed E-state index contributed by atoms with van der Waals surface area (Å²) < 4.78 is 12.5. The summed E-state index contributed by atoms with van der Waals surface area (Å²) in [6.07, 6.45) is 3.60. The lowest BCUT2D eigenvalue weighted by Crippen LogP contribution is -2.50. The summed E-state index contributed by atoms with van der Waals surface area (Å²) >= 11 is 0. The van der Waals surface area contributed by atoms with Crippen molar-refractivity contribution < 1.29 is 9.47 Å². The Kier molecular flexibility index (Phi) is 4.96. The van der Waals surface area contributed by atoms with Gasteiger partial charge in [-0.25, -0.2) is 0 Å². The molecule has 0 aliphatic heterocycles. The van der Waals surface area contributed by atoms with E-state index in [1.54, 1.807) is 20.4 Å². The number of ether oxygens (including phenoxy) is 2. The van der Waals surface area contributed by atoms with E-state index in [4.69, 9.17) is 9.47 Å². The van der Waals surface area contributed by atoms with Crippen molar-refractivity contribution >= 4 is 0 Å². The minimum absolute atomic E-state index is 0.196. The van der Waals surface area contributed by atoms with Crippen LogP contribution in [0.15, 0.2) is 12.4 Å². The third-order valence-corrected chi connectivity index (χ3v) is 3.03. The topological polar surface area (TPSA) is 48.3 Å². The van der Waals surface area contributed by atoms with Crippen molar-refractivity contribution in [1.29, 1.82) is 0 Å². The van der Waals surface area contributed by atoms with Crippen molar-refractivity contribution in [2.24, 2.45) is 0 Å². The van der Waals surface area contributed by atoms with Crippen LogP contribution in [0.3, 0.4) is 0 Å². The summed E-state index contributed by atoms with van der Waals surface area (Å²) in [5.41, 5.74) is -0.241. The lowest BCUT2D eigenvalue weighted by Gasteiger charge is -2.33. The van der Waals surface area contributed by atoms with E-state index in [1.165, 1.54) is 0 Å². The molecule has 1 aromatic heterocycles. The monoisotopic (exact) mass is 241 g/mol. The van der Waals surface area contributed by atoms with Gasteiger partial charge < -0.3 is 14.8 Å². The van der Waals surface area contributed by atoms with Gasteiger partial charge >= 0.3 is 0 Å².